The summed E-state index contributed by atoms with van der Waals surface area (Å²) in [6.45, 7) is 2.80. The summed E-state index contributed by atoms with van der Waals surface area (Å²) in [4.78, 5) is 10.6. The third-order valence-electron chi connectivity index (χ3n) is 2.59. The largest absolute Gasteiger partial charge is 0.493 e. The Labute approximate surface area is 108 Å². The van der Waals surface area contributed by atoms with E-state index in [9.17, 15) is 4.79 Å². The maximum Gasteiger partial charge on any atom is 0.307 e. The Morgan fingerprint density at radius 2 is 2.06 bits per heavy atom. The normalized spacial score (nSPS) is 10.1. The van der Waals surface area contributed by atoms with Gasteiger partial charge in [0, 0.05) is 0 Å². The third kappa shape index (κ3) is 4.65. The molecule has 0 aromatic heterocycles. The van der Waals surface area contributed by atoms with Gasteiger partial charge < -0.3 is 14.6 Å². The number of ether oxygens (including phenoxy) is 2. The monoisotopic (exact) mass is 252 g/mol. The molecule has 1 N–H and O–H groups in total. The van der Waals surface area contributed by atoms with Gasteiger partial charge in [0.2, 0.25) is 0 Å². The minimum absolute atomic E-state index is 0.00747. The highest BCUT2D eigenvalue weighted by Gasteiger charge is 2.07. The van der Waals surface area contributed by atoms with Crippen molar-refractivity contribution >= 4 is 5.97 Å². The van der Waals surface area contributed by atoms with Gasteiger partial charge in [-0.3, -0.25) is 4.79 Å². The molecule has 100 valence electrons. The molecule has 1 rings (SSSR count). The molecule has 0 amide bonds. The van der Waals surface area contributed by atoms with Crippen molar-refractivity contribution in [2.45, 2.75) is 32.6 Å². The van der Waals surface area contributed by atoms with Crippen LogP contribution in [0.3, 0.4) is 0 Å². The van der Waals surface area contributed by atoms with Crippen LogP contribution in [0.15, 0.2) is 18.2 Å². The standard InChI is InChI=1S/C14H20O4/c1-3-4-5-8-18-12-7-6-11(10-14(15)16)9-13(12)17-2/h6-7,9H,3-5,8,10H2,1-2H3,(H,15,16). The summed E-state index contributed by atoms with van der Waals surface area (Å²) in [5.74, 6) is 0.404. The molecule has 0 aliphatic heterocycles. The topological polar surface area (TPSA) is 55.8 Å². The van der Waals surface area contributed by atoms with Crippen LogP contribution in [0.4, 0.5) is 0 Å². The van der Waals surface area contributed by atoms with Crippen LogP contribution in [0.2, 0.25) is 0 Å². The summed E-state index contributed by atoms with van der Waals surface area (Å²) >= 11 is 0. The number of carbonyl (C=O) groups is 1. The van der Waals surface area contributed by atoms with Gasteiger partial charge in [0.1, 0.15) is 0 Å². The van der Waals surface area contributed by atoms with E-state index < -0.39 is 5.97 Å². The fraction of sp³-hybridized carbons (Fsp3) is 0.500. The molecule has 0 radical (unpaired) electrons. The lowest BCUT2D eigenvalue weighted by Gasteiger charge is -2.11. The quantitative estimate of drug-likeness (QED) is 0.723. The molecule has 0 aliphatic rings. The minimum Gasteiger partial charge on any atom is -0.493 e. The van der Waals surface area contributed by atoms with E-state index in [4.69, 9.17) is 14.6 Å². The average Bonchev–Trinajstić information content (AvgIpc) is 2.35. The van der Waals surface area contributed by atoms with Gasteiger partial charge in [0.15, 0.2) is 11.5 Å². The zero-order chi connectivity index (χ0) is 13.4. The highest BCUT2D eigenvalue weighted by molar-refractivity contribution is 5.70. The van der Waals surface area contributed by atoms with Gasteiger partial charge in [-0.05, 0) is 24.1 Å². The van der Waals surface area contributed by atoms with Crippen LogP contribution in [0.5, 0.6) is 11.5 Å². The molecule has 1 aromatic rings. The fourth-order valence-electron chi connectivity index (χ4n) is 1.65. The molecule has 0 aliphatic carbocycles. The molecule has 0 bridgehead atoms. The van der Waals surface area contributed by atoms with E-state index in [1.807, 2.05) is 0 Å². The molecule has 0 atom stereocenters. The van der Waals surface area contributed by atoms with Crippen LogP contribution in [0.25, 0.3) is 0 Å². The fourth-order valence-corrected chi connectivity index (χ4v) is 1.65. The Morgan fingerprint density at radius 1 is 1.28 bits per heavy atom. The van der Waals surface area contributed by atoms with Crippen LogP contribution < -0.4 is 9.47 Å². The van der Waals surface area contributed by atoms with Crippen molar-refractivity contribution in [3.8, 4) is 11.5 Å². The van der Waals surface area contributed by atoms with Crippen molar-refractivity contribution in [2.24, 2.45) is 0 Å². The van der Waals surface area contributed by atoms with E-state index in [0.717, 1.165) is 19.3 Å². The summed E-state index contributed by atoms with van der Waals surface area (Å²) in [6.07, 6.45) is 3.29. The lowest BCUT2D eigenvalue weighted by Crippen LogP contribution is -2.02. The number of aliphatic carboxylic acids is 1. The molecule has 0 fully saturated rings. The Bertz CT molecular complexity index is 387. The second kappa shape index (κ2) is 7.58. The number of methoxy groups -OCH3 is 1. The molecule has 0 unspecified atom stereocenters. The van der Waals surface area contributed by atoms with Crippen molar-refractivity contribution < 1.29 is 19.4 Å². The van der Waals surface area contributed by atoms with E-state index in [2.05, 4.69) is 6.92 Å². The van der Waals surface area contributed by atoms with Crippen molar-refractivity contribution in [1.82, 2.24) is 0 Å². The SMILES string of the molecule is CCCCCOc1ccc(CC(=O)O)cc1OC. The lowest BCUT2D eigenvalue weighted by atomic mass is 10.1. The first-order valence-corrected chi connectivity index (χ1v) is 6.19. The number of carboxylic acid groups (broad SMARTS) is 1. The Morgan fingerprint density at radius 3 is 2.67 bits per heavy atom. The predicted molar refractivity (Wildman–Crippen MR) is 69.4 cm³/mol. The first-order chi connectivity index (χ1) is 8.67. The van der Waals surface area contributed by atoms with Gasteiger partial charge in [-0.15, -0.1) is 0 Å². The first kappa shape index (κ1) is 14.4. The zero-order valence-electron chi connectivity index (χ0n) is 10.9. The molecule has 18 heavy (non-hydrogen) atoms. The van der Waals surface area contributed by atoms with Crippen LogP contribution in [-0.4, -0.2) is 24.8 Å². The molecule has 4 heteroatoms. The van der Waals surface area contributed by atoms with Gasteiger partial charge in [0.05, 0.1) is 20.1 Å². The average molecular weight is 252 g/mol. The van der Waals surface area contributed by atoms with Crippen molar-refractivity contribution in [2.75, 3.05) is 13.7 Å². The molecule has 0 saturated carbocycles. The van der Waals surface area contributed by atoms with Crippen LogP contribution >= 0.6 is 0 Å². The maximum atomic E-state index is 10.6. The van der Waals surface area contributed by atoms with Gasteiger partial charge in [-0.25, -0.2) is 0 Å². The summed E-state index contributed by atoms with van der Waals surface area (Å²) < 4.78 is 10.8. The number of benzene rings is 1. The van der Waals surface area contributed by atoms with Gasteiger partial charge >= 0.3 is 5.97 Å². The molecular formula is C14H20O4. The molecule has 0 saturated heterocycles. The van der Waals surface area contributed by atoms with Crippen molar-refractivity contribution in [3.63, 3.8) is 0 Å². The summed E-state index contributed by atoms with van der Waals surface area (Å²) in [6, 6.07) is 5.23. The smallest absolute Gasteiger partial charge is 0.307 e. The minimum atomic E-state index is -0.853. The highest BCUT2D eigenvalue weighted by atomic mass is 16.5. The zero-order valence-corrected chi connectivity index (χ0v) is 10.9. The molecule has 0 spiro atoms. The number of hydrogen-bond acceptors (Lipinski definition) is 3. The van der Waals surface area contributed by atoms with Crippen LogP contribution in [0.1, 0.15) is 31.7 Å². The highest BCUT2D eigenvalue weighted by Crippen LogP contribution is 2.28. The first-order valence-electron chi connectivity index (χ1n) is 6.19. The molecule has 1 aromatic carbocycles. The van der Waals surface area contributed by atoms with Crippen molar-refractivity contribution in [1.29, 1.82) is 0 Å². The second-order valence-corrected chi connectivity index (χ2v) is 4.11. The van der Waals surface area contributed by atoms with Gasteiger partial charge in [0.25, 0.3) is 0 Å². The molecule has 4 nitrogen and oxygen atoms in total. The summed E-state index contributed by atoms with van der Waals surface area (Å²) in [5, 5.41) is 8.73. The summed E-state index contributed by atoms with van der Waals surface area (Å²) in [5.41, 5.74) is 0.709. The van der Waals surface area contributed by atoms with E-state index in [1.165, 1.54) is 0 Å². The third-order valence-corrected chi connectivity index (χ3v) is 2.59. The van der Waals surface area contributed by atoms with E-state index >= 15 is 0 Å². The van der Waals surface area contributed by atoms with Gasteiger partial charge in [-0.1, -0.05) is 25.8 Å². The lowest BCUT2D eigenvalue weighted by molar-refractivity contribution is -0.136. The second-order valence-electron chi connectivity index (χ2n) is 4.11. The maximum absolute atomic E-state index is 10.6. The van der Waals surface area contributed by atoms with E-state index in [-0.39, 0.29) is 6.42 Å². The predicted octanol–water partition coefficient (Wildman–Crippen LogP) is 2.89. The van der Waals surface area contributed by atoms with E-state index in [1.54, 1.807) is 25.3 Å². The van der Waals surface area contributed by atoms with Crippen molar-refractivity contribution in [3.05, 3.63) is 23.8 Å². The molecule has 0 heterocycles. The van der Waals surface area contributed by atoms with Crippen LogP contribution in [-0.2, 0) is 11.2 Å². The molecular weight excluding hydrogens is 232 g/mol. The Hall–Kier alpha value is -1.71. The number of rotatable bonds is 8. The van der Waals surface area contributed by atoms with Gasteiger partial charge in [-0.2, -0.15) is 0 Å². The van der Waals surface area contributed by atoms with Crippen LogP contribution in [0, 0.1) is 0 Å². The van der Waals surface area contributed by atoms with E-state index in [0.29, 0.717) is 23.7 Å². The number of carboxylic acids is 1. The Kier molecular flexibility index (Phi) is 6.05. The number of unbranched alkanes of at least 4 members (excludes halogenated alkanes) is 2. The Balaban J connectivity index is 2.64. The summed E-state index contributed by atoms with van der Waals surface area (Å²) in [7, 11) is 1.55. The number of hydrogen-bond donors (Lipinski definition) is 1.